The van der Waals surface area contributed by atoms with Crippen molar-refractivity contribution in [2.45, 2.75) is 150 Å². The first kappa shape index (κ1) is 51.7. The van der Waals surface area contributed by atoms with Crippen LogP contribution in [0, 0.1) is 6.07 Å². The first-order valence-corrected chi connectivity index (χ1v) is 27.2. The molecule has 0 bridgehead atoms. The van der Waals surface area contributed by atoms with E-state index in [2.05, 4.69) is 194 Å². The molecule has 76 heavy (non-hydrogen) atoms. The molecule has 1 aliphatic rings. The van der Waals surface area contributed by atoms with Crippen LogP contribution in [-0.4, -0.2) is 19.6 Å². The van der Waals surface area contributed by atoms with Crippen molar-refractivity contribution in [1.82, 2.24) is 14.5 Å². The molecular formula is C71H76N3OPt-. The van der Waals surface area contributed by atoms with Crippen LogP contribution < -0.4 is 0 Å². The van der Waals surface area contributed by atoms with Crippen LogP contribution in [0.5, 0.6) is 5.75 Å². The number of hydrogen-bond acceptors (Lipinski definition) is 3. The third-order valence-electron chi connectivity index (χ3n) is 15.4. The summed E-state index contributed by atoms with van der Waals surface area (Å²) >= 11 is 0. The number of nitrogens with zero attached hydrogens (tertiary/aromatic N) is 3. The van der Waals surface area contributed by atoms with Gasteiger partial charge in [0, 0.05) is 46.8 Å². The number of hydrogen-bond donors (Lipinski definition) is 1. The summed E-state index contributed by atoms with van der Waals surface area (Å²) in [6.07, 6.45) is 7.70. The molecule has 9 aromatic rings. The minimum atomic E-state index is -0.854. The van der Waals surface area contributed by atoms with E-state index >= 15 is 0 Å². The van der Waals surface area contributed by atoms with Gasteiger partial charge < -0.3 is 5.11 Å². The molecule has 10 rings (SSSR count). The van der Waals surface area contributed by atoms with Crippen molar-refractivity contribution in [3.05, 3.63) is 191 Å². The maximum Gasteiger partial charge on any atom is 0.148 e. The van der Waals surface area contributed by atoms with Crippen LogP contribution in [0.2, 0.25) is 0 Å². The molecule has 0 fully saturated rings. The Labute approximate surface area is 471 Å². The maximum absolute atomic E-state index is 12.8. The molecule has 0 saturated carbocycles. The van der Waals surface area contributed by atoms with E-state index in [-0.39, 0.29) is 43.1 Å². The molecule has 0 spiro atoms. The molecule has 0 saturated heterocycles. The number of fused-ring (bicyclic) bond motifs is 2. The largest absolute Gasteiger partial charge is 0.507 e. The SMILES string of the molecule is [2H]C(C)(C)c1cc(-c2ccnc(-c3[c-]c(-c4cccc5c4nc(-c4cc(C(C)(C)C)cc(C(C)(C)C)c4O)n5-c4ccc(C(C)(C)C)cc4-c4ccc5c(c4)CCCCC5)cc(-c4ccccc4)c3)c2)cc(C([2H])(C)C)c1.[Pt]. The average Bonchev–Trinajstić information content (AvgIpc) is 3.88. The average molecular weight is 1180 g/mol. The number of pyridine rings is 1. The zero-order chi connectivity index (χ0) is 55.0. The number of imidazole rings is 1. The second-order valence-corrected chi connectivity index (χ2v) is 24.7. The minimum Gasteiger partial charge on any atom is -0.507 e. The molecule has 1 N–H and O–H groups in total. The minimum absolute atomic E-state index is 0. The van der Waals surface area contributed by atoms with Crippen molar-refractivity contribution in [3.8, 4) is 78.6 Å². The van der Waals surface area contributed by atoms with E-state index < -0.39 is 11.8 Å². The number of aromatic hydroxyl groups is 1. The predicted molar refractivity (Wildman–Crippen MR) is 318 cm³/mol. The molecule has 5 heteroatoms. The summed E-state index contributed by atoms with van der Waals surface area (Å²) in [4.78, 5) is 10.8. The third kappa shape index (κ3) is 11.0. The summed E-state index contributed by atoms with van der Waals surface area (Å²) in [5.74, 6) is -0.799. The van der Waals surface area contributed by atoms with E-state index in [1.54, 1.807) is 0 Å². The molecule has 0 radical (unpaired) electrons. The Bertz CT molecular complexity index is 3670. The molecule has 2 heterocycles. The Kier molecular flexibility index (Phi) is 14.5. The van der Waals surface area contributed by atoms with E-state index in [0.29, 0.717) is 11.4 Å². The van der Waals surface area contributed by atoms with Crippen molar-refractivity contribution in [1.29, 1.82) is 0 Å². The summed E-state index contributed by atoms with van der Waals surface area (Å²) in [6, 6.07) is 53.9. The maximum atomic E-state index is 12.8. The molecule has 0 aliphatic heterocycles. The van der Waals surface area contributed by atoms with Crippen LogP contribution in [0.15, 0.2) is 146 Å². The van der Waals surface area contributed by atoms with Crippen molar-refractivity contribution in [2.24, 2.45) is 0 Å². The van der Waals surface area contributed by atoms with Crippen molar-refractivity contribution in [3.63, 3.8) is 0 Å². The second-order valence-electron chi connectivity index (χ2n) is 24.7. The number of benzene rings is 7. The van der Waals surface area contributed by atoms with Gasteiger partial charge in [-0.15, -0.1) is 23.8 Å². The number of phenols is 1. The standard InChI is InChI=1S/C71H76N3O.Pt/c1-44(2)51-34-52(45(3)4)36-54(35-51)49-31-32-72-63(40-49)56-38-53(46-21-16-14-17-22-46)37-55(39-56)59-25-20-26-65-66(59)73-68(61-42-58(70(8,9)10)43-62(67(61)75)71(11,12)13)74(65)64-30-29-57(69(5,6)7)41-60(64)50-28-27-47-23-18-15-19-24-48(47)33-50;/h14,16-17,20-22,25-38,40-45,75H,15,18-19,23-24H2,1-13H3;/q-1;/i44D,45D;. The van der Waals surface area contributed by atoms with Crippen LogP contribution in [0.1, 0.15) is 163 Å². The van der Waals surface area contributed by atoms with Gasteiger partial charge >= 0.3 is 0 Å². The summed E-state index contributed by atoms with van der Waals surface area (Å²) < 4.78 is 20.3. The van der Waals surface area contributed by atoms with Gasteiger partial charge in [0.1, 0.15) is 11.6 Å². The van der Waals surface area contributed by atoms with E-state index in [0.717, 1.165) is 102 Å². The Balaban J connectivity index is 0.00000740. The van der Waals surface area contributed by atoms with E-state index in [1.807, 2.05) is 52.1 Å². The zero-order valence-electron chi connectivity index (χ0n) is 49.0. The molecule has 4 nitrogen and oxygen atoms in total. The first-order chi connectivity index (χ1) is 36.2. The number of aryl methyl sites for hydroxylation is 2. The molecule has 2 aromatic heterocycles. The van der Waals surface area contributed by atoms with Crippen LogP contribution in [0.3, 0.4) is 0 Å². The fourth-order valence-corrected chi connectivity index (χ4v) is 10.8. The van der Waals surface area contributed by atoms with Gasteiger partial charge in [-0.3, -0.25) is 9.55 Å². The monoisotopic (exact) mass is 1180 g/mol. The Morgan fingerprint density at radius 1 is 0.539 bits per heavy atom. The van der Waals surface area contributed by atoms with Gasteiger partial charge in [-0.05, 0) is 140 Å². The van der Waals surface area contributed by atoms with Crippen molar-refractivity contribution < 1.29 is 28.9 Å². The van der Waals surface area contributed by atoms with Crippen LogP contribution in [0.25, 0.3) is 83.9 Å². The molecule has 0 amide bonds. The number of phenolic OH excluding ortho intramolecular Hbond substituents is 1. The normalized spacial score (nSPS) is 13.9. The molecule has 1 aliphatic carbocycles. The van der Waals surface area contributed by atoms with Gasteiger partial charge in [0.05, 0.1) is 22.3 Å². The topological polar surface area (TPSA) is 50.9 Å². The quantitative estimate of drug-likeness (QED) is 0.116. The van der Waals surface area contributed by atoms with Crippen molar-refractivity contribution in [2.75, 3.05) is 0 Å². The summed E-state index contributed by atoms with van der Waals surface area (Å²) in [7, 11) is 0. The summed E-state index contributed by atoms with van der Waals surface area (Å²) in [5.41, 5.74) is 20.2. The summed E-state index contributed by atoms with van der Waals surface area (Å²) in [5, 5.41) is 12.8. The zero-order valence-corrected chi connectivity index (χ0v) is 49.3. The number of rotatable bonds is 9. The van der Waals surface area contributed by atoms with Gasteiger partial charge in [-0.1, -0.05) is 210 Å². The Morgan fingerprint density at radius 2 is 1.20 bits per heavy atom. The van der Waals surface area contributed by atoms with Crippen molar-refractivity contribution >= 4 is 11.0 Å². The molecule has 7 aromatic carbocycles. The smallest absolute Gasteiger partial charge is 0.148 e. The van der Waals surface area contributed by atoms with E-state index in [1.165, 1.54) is 41.5 Å². The van der Waals surface area contributed by atoms with Crippen LogP contribution >= 0.6 is 0 Å². The van der Waals surface area contributed by atoms with Gasteiger partial charge in [0.2, 0.25) is 0 Å². The van der Waals surface area contributed by atoms with Crippen LogP contribution in [-0.2, 0) is 50.2 Å². The van der Waals surface area contributed by atoms with Crippen LogP contribution in [0.4, 0.5) is 0 Å². The first-order valence-electron chi connectivity index (χ1n) is 28.2. The fraction of sp³-hybridized carbons (Fsp3) is 0.324. The Morgan fingerprint density at radius 3 is 1.87 bits per heavy atom. The Hall–Kier alpha value is -6.35. The second kappa shape index (κ2) is 21.2. The predicted octanol–water partition coefficient (Wildman–Crippen LogP) is 19.3. The van der Waals surface area contributed by atoms with Gasteiger partial charge in [0.15, 0.2) is 0 Å². The molecule has 392 valence electrons. The fourth-order valence-electron chi connectivity index (χ4n) is 10.8. The van der Waals surface area contributed by atoms with Gasteiger partial charge in [-0.2, -0.15) is 0 Å². The third-order valence-corrected chi connectivity index (χ3v) is 15.4. The number of para-hydroxylation sites is 1. The van der Waals surface area contributed by atoms with Gasteiger partial charge in [0.25, 0.3) is 0 Å². The molecule has 0 atom stereocenters. The molecular weight excluding hydrogens is 1110 g/mol. The van der Waals surface area contributed by atoms with Gasteiger partial charge in [-0.25, -0.2) is 4.98 Å². The number of aromatic nitrogens is 3. The van der Waals surface area contributed by atoms with E-state index in [9.17, 15) is 5.11 Å². The summed E-state index contributed by atoms with van der Waals surface area (Å²) in [6.45, 7) is 27.7. The van der Waals surface area contributed by atoms with E-state index in [4.69, 9.17) is 12.7 Å². The molecule has 0 unspecified atom stereocenters.